The van der Waals surface area contributed by atoms with E-state index < -0.39 is 11.8 Å². The van der Waals surface area contributed by atoms with Gasteiger partial charge < -0.3 is 10.2 Å². The van der Waals surface area contributed by atoms with Crippen molar-refractivity contribution in [3.63, 3.8) is 0 Å². The number of carbonyl (C=O) groups excluding carboxylic acids is 2. The van der Waals surface area contributed by atoms with Crippen LogP contribution in [-0.4, -0.2) is 11.8 Å². The van der Waals surface area contributed by atoms with E-state index in [-0.39, 0.29) is 11.1 Å². The van der Waals surface area contributed by atoms with Gasteiger partial charge in [-0.15, -0.1) is 5.10 Å². The van der Waals surface area contributed by atoms with Gasteiger partial charge in [0.25, 0.3) is 11.8 Å². The first kappa shape index (κ1) is 15.8. The van der Waals surface area contributed by atoms with Gasteiger partial charge >= 0.3 is 0 Å². The summed E-state index contributed by atoms with van der Waals surface area (Å²) >= 11 is 5.92. The van der Waals surface area contributed by atoms with Crippen molar-refractivity contribution in [2.75, 3.05) is 0 Å². The number of halogens is 1. The Morgan fingerprint density at radius 2 is 1.83 bits per heavy atom. The maximum atomic E-state index is 12.0. The highest BCUT2D eigenvalue weighted by Crippen LogP contribution is 2.18. The summed E-state index contributed by atoms with van der Waals surface area (Å²) in [4.78, 5) is 23.6. The first-order chi connectivity index (χ1) is 11.5. The van der Waals surface area contributed by atoms with E-state index in [0.29, 0.717) is 21.6 Å². The summed E-state index contributed by atoms with van der Waals surface area (Å²) < 4.78 is 5.55. The van der Waals surface area contributed by atoms with Crippen LogP contribution in [0.5, 0.6) is 0 Å². The van der Waals surface area contributed by atoms with Crippen molar-refractivity contribution in [2.24, 2.45) is 10.8 Å². The van der Waals surface area contributed by atoms with Crippen LogP contribution >= 0.6 is 11.6 Å². The standard InChI is InChI=1S/C17H12ClN3O3/c18-12-6-7-14-11(8-12)9-13(15(19)22)17(24-14)21-20-16(23)10-4-2-1-3-5-10/h1-9H,(H2,19,22)(H,20,23)/b21-17+. The minimum atomic E-state index is -0.728. The zero-order chi connectivity index (χ0) is 17.1. The van der Waals surface area contributed by atoms with Crippen LogP contribution in [0.3, 0.4) is 0 Å². The number of hydrogen-bond donors (Lipinski definition) is 2. The number of nitrogens with zero attached hydrogens (tertiary/aromatic N) is 1. The van der Waals surface area contributed by atoms with Gasteiger partial charge in [0.15, 0.2) is 0 Å². The highest BCUT2D eigenvalue weighted by molar-refractivity contribution is 6.31. The van der Waals surface area contributed by atoms with Crippen LogP contribution in [0, 0.1) is 0 Å². The Bertz CT molecular complexity index is 997. The molecule has 0 saturated carbocycles. The number of primary amides is 1. The maximum Gasteiger partial charge on any atom is 0.271 e. The molecule has 3 rings (SSSR count). The molecule has 0 spiro atoms. The molecular formula is C17H12ClN3O3. The Morgan fingerprint density at radius 3 is 2.54 bits per heavy atom. The lowest BCUT2D eigenvalue weighted by Crippen LogP contribution is -2.27. The number of rotatable bonds is 3. The lowest BCUT2D eigenvalue weighted by Gasteiger charge is -2.03. The average Bonchev–Trinajstić information content (AvgIpc) is 2.59. The zero-order valence-corrected chi connectivity index (χ0v) is 13.1. The van der Waals surface area contributed by atoms with Crippen LogP contribution in [0.1, 0.15) is 20.7 Å². The van der Waals surface area contributed by atoms with E-state index in [1.165, 1.54) is 6.07 Å². The van der Waals surface area contributed by atoms with Crippen LogP contribution in [0.15, 0.2) is 64.1 Å². The molecule has 6 nitrogen and oxygen atoms in total. The van der Waals surface area contributed by atoms with E-state index in [4.69, 9.17) is 21.8 Å². The minimum Gasteiger partial charge on any atom is -0.436 e. The van der Waals surface area contributed by atoms with Crippen molar-refractivity contribution in [3.05, 3.63) is 76.3 Å². The van der Waals surface area contributed by atoms with Gasteiger partial charge in [0.2, 0.25) is 5.55 Å². The molecule has 24 heavy (non-hydrogen) atoms. The largest absolute Gasteiger partial charge is 0.436 e. The molecule has 2 aromatic carbocycles. The average molecular weight is 342 g/mol. The molecule has 0 bridgehead atoms. The molecule has 0 unspecified atom stereocenters. The molecule has 3 aromatic rings. The van der Waals surface area contributed by atoms with Crippen molar-refractivity contribution in [2.45, 2.75) is 0 Å². The Labute approximate surface area is 141 Å². The fourth-order valence-corrected chi connectivity index (χ4v) is 2.30. The second-order valence-corrected chi connectivity index (χ2v) is 5.37. The summed E-state index contributed by atoms with van der Waals surface area (Å²) in [6.45, 7) is 0. The topological polar surface area (TPSA) is 97.7 Å². The summed E-state index contributed by atoms with van der Waals surface area (Å²) in [6, 6.07) is 15.0. The Morgan fingerprint density at radius 1 is 1.08 bits per heavy atom. The van der Waals surface area contributed by atoms with Gasteiger partial charge in [0, 0.05) is 16.0 Å². The van der Waals surface area contributed by atoms with Crippen LogP contribution < -0.4 is 16.7 Å². The highest BCUT2D eigenvalue weighted by Gasteiger charge is 2.10. The lowest BCUT2D eigenvalue weighted by atomic mass is 10.2. The van der Waals surface area contributed by atoms with E-state index in [9.17, 15) is 9.59 Å². The number of nitrogens with one attached hydrogen (secondary N) is 1. The number of amides is 2. The molecule has 0 saturated heterocycles. The van der Waals surface area contributed by atoms with Gasteiger partial charge in [-0.1, -0.05) is 29.8 Å². The smallest absolute Gasteiger partial charge is 0.271 e. The fraction of sp³-hybridized carbons (Fsp3) is 0. The summed E-state index contributed by atoms with van der Waals surface area (Å²) in [7, 11) is 0. The molecule has 0 aliphatic heterocycles. The molecular weight excluding hydrogens is 330 g/mol. The first-order valence-corrected chi connectivity index (χ1v) is 7.35. The second-order valence-electron chi connectivity index (χ2n) is 4.93. The SMILES string of the molecule is NC(=O)c1cc2cc(Cl)ccc2o/c1=N/NC(=O)c1ccccc1. The number of carbonyl (C=O) groups is 2. The first-order valence-electron chi connectivity index (χ1n) is 6.97. The van der Waals surface area contributed by atoms with Gasteiger partial charge in [0.05, 0.1) is 0 Å². The summed E-state index contributed by atoms with van der Waals surface area (Å²) in [6.07, 6.45) is 0. The van der Waals surface area contributed by atoms with Crippen LogP contribution in [0.4, 0.5) is 0 Å². The fourth-order valence-electron chi connectivity index (χ4n) is 2.12. The maximum absolute atomic E-state index is 12.0. The molecule has 0 atom stereocenters. The van der Waals surface area contributed by atoms with Gasteiger partial charge in [0.1, 0.15) is 11.1 Å². The number of benzene rings is 2. The van der Waals surface area contributed by atoms with Crippen LogP contribution in [0.2, 0.25) is 5.02 Å². The minimum absolute atomic E-state index is 0.0399. The van der Waals surface area contributed by atoms with Gasteiger partial charge in [-0.2, -0.15) is 0 Å². The van der Waals surface area contributed by atoms with Crippen molar-refractivity contribution in [1.82, 2.24) is 5.43 Å². The third-order valence-electron chi connectivity index (χ3n) is 3.27. The number of nitrogens with two attached hydrogens (primary N) is 1. The highest BCUT2D eigenvalue weighted by atomic mass is 35.5. The molecule has 3 N–H and O–H groups in total. The van der Waals surface area contributed by atoms with Gasteiger partial charge in [-0.25, -0.2) is 5.43 Å². The quantitative estimate of drug-likeness (QED) is 0.716. The molecule has 1 aromatic heterocycles. The van der Waals surface area contributed by atoms with Crippen molar-refractivity contribution >= 4 is 34.4 Å². The lowest BCUT2D eigenvalue weighted by molar-refractivity contribution is 0.0946. The van der Waals surface area contributed by atoms with E-state index >= 15 is 0 Å². The third kappa shape index (κ3) is 3.28. The van der Waals surface area contributed by atoms with Crippen LogP contribution in [-0.2, 0) is 0 Å². The van der Waals surface area contributed by atoms with Crippen molar-refractivity contribution < 1.29 is 14.0 Å². The normalized spacial score (nSPS) is 11.5. The van der Waals surface area contributed by atoms with Crippen molar-refractivity contribution in [3.8, 4) is 0 Å². The summed E-state index contributed by atoms with van der Waals surface area (Å²) in [5, 5.41) is 4.97. The zero-order valence-electron chi connectivity index (χ0n) is 12.3. The summed E-state index contributed by atoms with van der Waals surface area (Å²) in [5.41, 5.74) is 8.54. The van der Waals surface area contributed by atoms with Gasteiger partial charge in [-0.05, 0) is 36.4 Å². The molecule has 2 amide bonds. The van der Waals surface area contributed by atoms with E-state index in [0.717, 1.165) is 0 Å². The predicted octanol–water partition coefficient (Wildman–Crippen LogP) is 2.43. The van der Waals surface area contributed by atoms with Gasteiger partial charge in [-0.3, -0.25) is 9.59 Å². The Balaban J connectivity index is 2.04. The number of hydrogen-bond acceptors (Lipinski definition) is 4. The van der Waals surface area contributed by atoms with Crippen LogP contribution in [0.25, 0.3) is 11.0 Å². The Kier molecular flexibility index (Phi) is 4.31. The third-order valence-corrected chi connectivity index (χ3v) is 3.50. The molecule has 1 heterocycles. The Hall–Kier alpha value is -3.12. The molecule has 0 aliphatic carbocycles. The van der Waals surface area contributed by atoms with Crippen molar-refractivity contribution in [1.29, 1.82) is 0 Å². The van der Waals surface area contributed by atoms with E-state index in [1.54, 1.807) is 48.5 Å². The summed E-state index contributed by atoms with van der Waals surface area (Å²) in [5.74, 6) is -1.16. The molecule has 0 fully saturated rings. The molecule has 0 aliphatic rings. The predicted molar refractivity (Wildman–Crippen MR) is 89.2 cm³/mol. The monoisotopic (exact) mass is 341 g/mol. The van der Waals surface area contributed by atoms with E-state index in [1.807, 2.05) is 0 Å². The molecule has 7 heteroatoms. The number of fused-ring (bicyclic) bond motifs is 1. The molecule has 120 valence electrons. The van der Waals surface area contributed by atoms with E-state index in [2.05, 4.69) is 10.5 Å². The molecule has 0 radical (unpaired) electrons. The second kappa shape index (κ2) is 6.55.